The zero-order chi connectivity index (χ0) is 13.9. The minimum Gasteiger partial charge on any atom is -0.294 e. The molecule has 1 aliphatic rings. The van der Waals surface area contributed by atoms with Crippen LogP contribution < -0.4 is 0 Å². The van der Waals surface area contributed by atoms with Crippen LogP contribution in [0.1, 0.15) is 28.3 Å². The van der Waals surface area contributed by atoms with Crippen molar-refractivity contribution >= 4 is 5.78 Å². The molecule has 1 fully saturated rings. The minimum atomic E-state index is -0.0231. The van der Waals surface area contributed by atoms with Crippen LogP contribution in [-0.4, -0.2) is 5.78 Å². The van der Waals surface area contributed by atoms with Gasteiger partial charge < -0.3 is 0 Å². The van der Waals surface area contributed by atoms with Crippen LogP contribution in [0.15, 0.2) is 60.7 Å². The van der Waals surface area contributed by atoms with Crippen LogP contribution in [0.5, 0.6) is 0 Å². The summed E-state index contributed by atoms with van der Waals surface area (Å²) in [6.45, 7) is 0. The summed E-state index contributed by atoms with van der Waals surface area (Å²) < 4.78 is 0. The van der Waals surface area contributed by atoms with Crippen molar-refractivity contribution in [2.75, 3.05) is 0 Å². The number of rotatable bonds is 4. The molecule has 0 saturated heterocycles. The first-order valence-electron chi connectivity index (χ1n) is 6.84. The highest BCUT2D eigenvalue weighted by Gasteiger charge is 2.51. The number of hydrogen-bond donors (Lipinski definition) is 0. The zero-order valence-corrected chi connectivity index (χ0v) is 11.1. The van der Waals surface area contributed by atoms with Gasteiger partial charge in [0.1, 0.15) is 0 Å². The Labute approximate surface area is 118 Å². The Hall–Kier alpha value is -2.40. The van der Waals surface area contributed by atoms with Crippen molar-refractivity contribution in [1.29, 1.82) is 5.26 Å². The van der Waals surface area contributed by atoms with E-state index in [-0.39, 0.29) is 23.5 Å². The lowest BCUT2D eigenvalue weighted by atomic mass is 10.0. The summed E-state index contributed by atoms with van der Waals surface area (Å²) in [5, 5.41) is 9.23. The fourth-order valence-corrected chi connectivity index (χ4v) is 2.89. The Kier molecular flexibility index (Phi) is 3.35. The van der Waals surface area contributed by atoms with Crippen LogP contribution in [0.2, 0.25) is 0 Å². The average Bonchev–Trinajstić information content (AvgIpc) is 3.21. The lowest BCUT2D eigenvalue weighted by molar-refractivity contribution is 0.0974. The lowest BCUT2D eigenvalue weighted by Gasteiger charge is -2.00. The summed E-state index contributed by atoms with van der Waals surface area (Å²) in [5.41, 5.74) is 1.91. The molecule has 3 unspecified atom stereocenters. The normalized spacial score (nSPS) is 23.9. The molecule has 0 heterocycles. The van der Waals surface area contributed by atoms with Gasteiger partial charge >= 0.3 is 0 Å². The number of carbonyl (C=O) groups excluding carboxylic acids is 1. The van der Waals surface area contributed by atoms with E-state index in [2.05, 4.69) is 6.07 Å². The summed E-state index contributed by atoms with van der Waals surface area (Å²) >= 11 is 0. The maximum Gasteiger partial charge on any atom is 0.163 e. The van der Waals surface area contributed by atoms with Gasteiger partial charge in [-0.05, 0) is 11.5 Å². The maximum atomic E-state index is 12.2. The highest BCUT2D eigenvalue weighted by Crippen LogP contribution is 2.55. The molecule has 1 aliphatic carbocycles. The highest BCUT2D eigenvalue weighted by atomic mass is 16.1. The van der Waals surface area contributed by atoms with Crippen molar-refractivity contribution in [2.45, 2.75) is 12.3 Å². The topological polar surface area (TPSA) is 40.9 Å². The van der Waals surface area contributed by atoms with Crippen molar-refractivity contribution in [3.05, 3.63) is 71.8 Å². The second-order valence-corrected chi connectivity index (χ2v) is 5.25. The molecule has 0 aliphatic heterocycles. The monoisotopic (exact) mass is 261 g/mol. The summed E-state index contributed by atoms with van der Waals surface area (Å²) in [4.78, 5) is 12.2. The molecule has 2 nitrogen and oxygen atoms in total. The van der Waals surface area contributed by atoms with E-state index >= 15 is 0 Å². The molecule has 2 aromatic carbocycles. The molecule has 0 aromatic heterocycles. The molecule has 0 spiro atoms. The lowest BCUT2D eigenvalue weighted by Crippen LogP contribution is -2.01. The van der Waals surface area contributed by atoms with Gasteiger partial charge in [-0.1, -0.05) is 60.7 Å². The third-order valence-corrected chi connectivity index (χ3v) is 4.02. The van der Waals surface area contributed by atoms with E-state index in [1.54, 1.807) is 0 Å². The summed E-state index contributed by atoms with van der Waals surface area (Å²) in [5.74, 6) is 0.489. The van der Waals surface area contributed by atoms with Crippen molar-refractivity contribution < 1.29 is 4.79 Å². The van der Waals surface area contributed by atoms with Gasteiger partial charge in [0.05, 0.1) is 12.0 Å². The van der Waals surface area contributed by atoms with Crippen molar-refractivity contribution in [1.82, 2.24) is 0 Å². The third-order valence-electron chi connectivity index (χ3n) is 4.02. The van der Waals surface area contributed by atoms with Gasteiger partial charge in [-0.2, -0.15) is 5.26 Å². The average molecular weight is 261 g/mol. The van der Waals surface area contributed by atoms with Gasteiger partial charge in [-0.25, -0.2) is 0 Å². The minimum absolute atomic E-state index is 0.0231. The molecule has 0 bridgehead atoms. The Bertz CT molecular complexity index is 642. The highest BCUT2D eigenvalue weighted by molar-refractivity contribution is 5.96. The number of nitrogens with zero attached hydrogens (tertiary/aromatic N) is 1. The molecular weight excluding hydrogens is 246 g/mol. The van der Waals surface area contributed by atoms with Crippen LogP contribution in [0, 0.1) is 23.2 Å². The number of nitriles is 1. The molecular formula is C18H15NO. The molecule has 3 rings (SSSR count). The smallest absolute Gasteiger partial charge is 0.163 e. The van der Waals surface area contributed by atoms with Crippen LogP contribution in [0.3, 0.4) is 0 Å². The summed E-state index contributed by atoms with van der Waals surface area (Å²) in [6.07, 6.45) is 0.460. The molecule has 98 valence electrons. The first-order valence-corrected chi connectivity index (χ1v) is 6.84. The quantitative estimate of drug-likeness (QED) is 0.785. The predicted octanol–water partition coefficient (Wildman–Crippen LogP) is 3.81. The number of ketones is 1. The second kappa shape index (κ2) is 5.30. The molecule has 2 heteroatoms. The number of carbonyl (C=O) groups is 1. The Morgan fingerprint density at radius 2 is 1.60 bits per heavy atom. The fourth-order valence-electron chi connectivity index (χ4n) is 2.89. The molecule has 0 N–H and O–H groups in total. The zero-order valence-electron chi connectivity index (χ0n) is 11.1. The SMILES string of the molecule is N#CC1C(CC(=O)c2ccccc2)C1c1ccccc1. The first-order chi connectivity index (χ1) is 9.81. The molecule has 0 radical (unpaired) electrons. The Morgan fingerprint density at radius 3 is 2.20 bits per heavy atom. The largest absolute Gasteiger partial charge is 0.294 e. The van der Waals surface area contributed by atoms with Crippen molar-refractivity contribution in [3.8, 4) is 6.07 Å². The standard InChI is InChI=1S/C18H15NO/c19-12-16-15(18(16)14-9-5-2-6-10-14)11-17(20)13-7-3-1-4-8-13/h1-10,15-16,18H,11H2. The van der Waals surface area contributed by atoms with E-state index in [9.17, 15) is 10.1 Å². The molecule has 3 atom stereocenters. The van der Waals surface area contributed by atoms with Crippen molar-refractivity contribution in [2.24, 2.45) is 11.8 Å². The summed E-state index contributed by atoms with van der Waals surface area (Å²) in [6, 6.07) is 21.7. The van der Waals surface area contributed by atoms with E-state index in [1.807, 2.05) is 60.7 Å². The van der Waals surface area contributed by atoms with E-state index in [0.29, 0.717) is 6.42 Å². The molecule has 1 saturated carbocycles. The van der Waals surface area contributed by atoms with Crippen LogP contribution in [0.4, 0.5) is 0 Å². The number of Topliss-reactive ketones (excluding diaryl/α,β-unsaturated/α-hetero) is 1. The molecule has 0 amide bonds. The van der Waals surface area contributed by atoms with E-state index in [1.165, 1.54) is 5.56 Å². The van der Waals surface area contributed by atoms with Gasteiger partial charge in [0.2, 0.25) is 0 Å². The van der Waals surface area contributed by atoms with Gasteiger partial charge in [0.25, 0.3) is 0 Å². The van der Waals surface area contributed by atoms with Gasteiger partial charge in [-0.3, -0.25) is 4.79 Å². The van der Waals surface area contributed by atoms with Crippen LogP contribution >= 0.6 is 0 Å². The van der Waals surface area contributed by atoms with Crippen LogP contribution in [0.25, 0.3) is 0 Å². The third kappa shape index (κ3) is 2.35. The Balaban J connectivity index is 1.73. The van der Waals surface area contributed by atoms with Crippen LogP contribution in [-0.2, 0) is 0 Å². The second-order valence-electron chi connectivity index (χ2n) is 5.25. The summed E-state index contributed by atoms with van der Waals surface area (Å²) in [7, 11) is 0. The molecule has 2 aromatic rings. The number of hydrogen-bond acceptors (Lipinski definition) is 2. The first kappa shape index (κ1) is 12.6. The molecule has 20 heavy (non-hydrogen) atoms. The van der Waals surface area contributed by atoms with Crippen molar-refractivity contribution in [3.63, 3.8) is 0 Å². The fraction of sp³-hybridized carbons (Fsp3) is 0.222. The van der Waals surface area contributed by atoms with E-state index < -0.39 is 0 Å². The van der Waals surface area contributed by atoms with Gasteiger partial charge in [0.15, 0.2) is 5.78 Å². The maximum absolute atomic E-state index is 12.2. The van der Waals surface area contributed by atoms with Gasteiger partial charge in [-0.15, -0.1) is 0 Å². The van der Waals surface area contributed by atoms with E-state index in [4.69, 9.17) is 0 Å². The Morgan fingerprint density at radius 1 is 1.00 bits per heavy atom. The number of benzene rings is 2. The predicted molar refractivity (Wildman–Crippen MR) is 77.2 cm³/mol. The van der Waals surface area contributed by atoms with Gasteiger partial charge in [0, 0.05) is 17.9 Å². The van der Waals surface area contributed by atoms with E-state index in [0.717, 1.165) is 5.56 Å².